The maximum absolute atomic E-state index is 13.1. The van der Waals surface area contributed by atoms with Crippen molar-refractivity contribution < 1.29 is 116 Å². The minimum absolute atomic E-state index is 0.279. The van der Waals surface area contributed by atoms with Gasteiger partial charge in [-0.15, -0.1) is 0 Å². The van der Waals surface area contributed by atoms with E-state index in [1.807, 2.05) is 0 Å². The maximum Gasteiger partial charge on any atom is 0.453 e. The molecule has 1 aromatic rings. The van der Waals surface area contributed by atoms with Gasteiger partial charge in [0.1, 0.15) is 5.92 Å². The van der Waals surface area contributed by atoms with Crippen LogP contribution in [-0.2, 0) is 16.9 Å². The minimum Gasteiger partial charge on any atom is -0.413 e. The Balaban J connectivity index is 2.32. The summed E-state index contributed by atoms with van der Waals surface area (Å²) < 4.78 is 8.51. The molecule has 0 saturated carbocycles. The number of carbonyl (C=O) groups excluding carboxylic acids is 1. The highest BCUT2D eigenvalue weighted by Crippen LogP contribution is 2.56. The van der Waals surface area contributed by atoms with Crippen LogP contribution in [0.2, 0.25) is 0 Å². The molecule has 24 nitrogen and oxygen atoms in total. The lowest BCUT2D eigenvalue weighted by Gasteiger charge is -2.61. The predicted octanol–water partition coefficient (Wildman–Crippen LogP) is -11.8. The third-order valence-corrected chi connectivity index (χ3v) is 6.62. The lowest BCUT2D eigenvalue weighted by Crippen LogP contribution is -2.86. The smallest absolute Gasteiger partial charge is 0.413 e. The average molecular weight is 637 g/mol. The number of rotatable bonds is 8. The summed E-state index contributed by atoms with van der Waals surface area (Å²) in [6.07, 6.45) is -11.5. The quantitative estimate of drug-likeness (QED) is 0.118. The number of fused-ring (bicyclic) bond motifs is 3. The summed E-state index contributed by atoms with van der Waals surface area (Å²) in [5.41, 5.74) is -10.7. The molecule has 1 aromatic carbocycles. The first kappa shape index (κ1) is 35.1. The zero-order valence-corrected chi connectivity index (χ0v) is 20.8. The van der Waals surface area contributed by atoms with E-state index in [1.165, 1.54) is 0 Å². The highest BCUT2D eigenvalue weighted by atomic mass is 16.9. The van der Waals surface area contributed by atoms with Crippen LogP contribution in [0, 0.1) is 5.92 Å². The zero-order chi connectivity index (χ0) is 33.8. The van der Waals surface area contributed by atoms with E-state index in [0.29, 0.717) is 6.07 Å². The SMILES string of the molecule is O=C1CC2(O)c3cc(OC(O)(O)O)c(OC(O)(O)O)cc3CC(O)(O)N2C(O)(O)C1C(O)(O)C(O)(C(O)(O)O)C(O)(O)O. The molecule has 0 bridgehead atoms. The fraction of sp³-hybridized carbons (Fsp3) is 0.632. The van der Waals surface area contributed by atoms with Crippen molar-refractivity contribution in [1.82, 2.24) is 4.90 Å². The third kappa shape index (κ3) is 5.55. The van der Waals surface area contributed by atoms with E-state index in [0.717, 1.165) is 0 Å². The number of hydrogen-bond donors (Lipinski definition) is 20. The van der Waals surface area contributed by atoms with Gasteiger partial charge in [0.15, 0.2) is 23.0 Å². The van der Waals surface area contributed by atoms with Gasteiger partial charge in [-0.1, -0.05) is 0 Å². The highest BCUT2D eigenvalue weighted by molar-refractivity contribution is 5.85. The van der Waals surface area contributed by atoms with E-state index in [9.17, 15) is 91.6 Å². The van der Waals surface area contributed by atoms with Crippen LogP contribution in [0.1, 0.15) is 17.5 Å². The molecule has 24 heteroatoms. The molecule has 2 atom stereocenters. The van der Waals surface area contributed by atoms with E-state index in [1.54, 1.807) is 0 Å². The van der Waals surface area contributed by atoms with E-state index in [-0.39, 0.29) is 6.07 Å². The average Bonchev–Trinajstić information content (AvgIpc) is 2.68. The summed E-state index contributed by atoms with van der Waals surface area (Å²) in [6, 6.07) is 0.690. The Kier molecular flexibility index (Phi) is 7.82. The number of ketones is 1. The number of benzene rings is 1. The molecule has 0 amide bonds. The summed E-state index contributed by atoms with van der Waals surface area (Å²) in [4.78, 5) is 12.4. The van der Waals surface area contributed by atoms with Crippen molar-refractivity contribution in [3.8, 4) is 11.5 Å². The molecule has 0 aromatic heterocycles. The van der Waals surface area contributed by atoms with Gasteiger partial charge in [-0.3, -0.25) is 4.79 Å². The third-order valence-electron chi connectivity index (χ3n) is 6.62. The Morgan fingerprint density at radius 2 is 1.09 bits per heavy atom. The molecule has 0 aliphatic carbocycles. The van der Waals surface area contributed by atoms with Crippen molar-refractivity contribution >= 4 is 5.78 Å². The number of ether oxygens (including phenoxy) is 2. The first-order chi connectivity index (χ1) is 18.7. The number of aliphatic hydroxyl groups is 20. The number of hydrogen-bond acceptors (Lipinski definition) is 24. The molecule has 3 rings (SSSR count). The molecule has 20 N–H and O–H groups in total. The van der Waals surface area contributed by atoms with Crippen LogP contribution in [0.25, 0.3) is 0 Å². The molecule has 0 spiro atoms. The Morgan fingerprint density at radius 3 is 1.49 bits per heavy atom. The van der Waals surface area contributed by atoms with E-state index < -0.39 is 105 Å². The second kappa shape index (κ2) is 9.58. The standard InChI is InChI=1S/C19H27NO23/c21-7-4-11(22)6-2-9(43-19(39,40)41)8(42-18(36,37)38)1-5(6)3-12(23,24)20(11)14(27,28)10(7)13(25,26)15(29,16(30,31)32)17(33,34)35/h1-2,10,22-41H,3-4H2. The van der Waals surface area contributed by atoms with Crippen LogP contribution in [0.15, 0.2) is 12.1 Å². The summed E-state index contributed by atoms with van der Waals surface area (Å²) in [5.74, 6) is -33.0. The molecule has 2 heterocycles. The number of Topliss-reactive ketones (excluding diaryl/α,β-unsaturated/α-hetero) is 1. The van der Waals surface area contributed by atoms with Crippen molar-refractivity contribution in [2.75, 3.05) is 0 Å². The first-order valence-electron chi connectivity index (χ1n) is 11.1. The number of nitrogens with zero attached hydrogens (tertiary/aromatic N) is 1. The van der Waals surface area contributed by atoms with Crippen LogP contribution in [-0.4, -0.2) is 160 Å². The predicted molar refractivity (Wildman–Crippen MR) is 114 cm³/mol. The largest absolute Gasteiger partial charge is 0.453 e. The molecule has 2 aliphatic rings. The topological polar surface area (TPSA) is 443 Å². The normalized spacial score (nSPS) is 25.2. The van der Waals surface area contributed by atoms with Gasteiger partial charge < -0.3 is 112 Å². The lowest BCUT2D eigenvalue weighted by atomic mass is 9.68. The van der Waals surface area contributed by atoms with Gasteiger partial charge in [0.2, 0.25) is 17.6 Å². The van der Waals surface area contributed by atoms with Crippen LogP contribution >= 0.6 is 0 Å². The molecule has 246 valence electrons. The van der Waals surface area contributed by atoms with Crippen molar-refractivity contribution in [2.24, 2.45) is 5.92 Å². The molecule has 2 aliphatic heterocycles. The van der Waals surface area contributed by atoms with Gasteiger partial charge in [0.25, 0.3) is 5.60 Å². The van der Waals surface area contributed by atoms with E-state index in [2.05, 4.69) is 9.47 Å². The Morgan fingerprint density at radius 1 is 0.674 bits per heavy atom. The second-order valence-electron chi connectivity index (χ2n) is 9.88. The van der Waals surface area contributed by atoms with E-state index >= 15 is 0 Å². The van der Waals surface area contributed by atoms with Gasteiger partial charge >= 0.3 is 24.3 Å². The van der Waals surface area contributed by atoms with Crippen molar-refractivity contribution in [2.45, 2.75) is 66.0 Å². The van der Waals surface area contributed by atoms with Crippen LogP contribution in [0.5, 0.6) is 11.5 Å². The van der Waals surface area contributed by atoms with Gasteiger partial charge in [-0.05, 0) is 17.7 Å². The van der Waals surface area contributed by atoms with Crippen LogP contribution in [0.3, 0.4) is 0 Å². The second-order valence-corrected chi connectivity index (χ2v) is 9.88. The monoisotopic (exact) mass is 637 g/mol. The van der Waals surface area contributed by atoms with Crippen molar-refractivity contribution in [3.05, 3.63) is 23.3 Å². The van der Waals surface area contributed by atoms with Gasteiger partial charge in [0.05, 0.1) is 6.42 Å². The van der Waals surface area contributed by atoms with Crippen molar-refractivity contribution in [3.63, 3.8) is 0 Å². The Hall–Kier alpha value is -2.35. The highest BCUT2D eigenvalue weighted by Gasteiger charge is 2.82. The summed E-state index contributed by atoms with van der Waals surface area (Å²) in [6.45, 7) is 0. The van der Waals surface area contributed by atoms with Gasteiger partial charge in [-0.25, -0.2) is 0 Å². The molecule has 2 unspecified atom stereocenters. The molecule has 1 fully saturated rings. The number of piperidine rings is 1. The molecule has 1 saturated heterocycles. The molecular formula is C19H27NO23. The molecular weight excluding hydrogens is 610 g/mol. The Labute approximate surface area is 234 Å². The van der Waals surface area contributed by atoms with Crippen molar-refractivity contribution in [1.29, 1.82) is 0 Å². The minimum atomic E-state index is -5.41. The van der Waals surface area contributed by atoms with Gasteiger partial charge in [-0.2, -0.15) is 4.90 Å². The maximum atomic E-state index is 13.1. The lowest BCUT2D eigenvalue weighted by molar-refractivity contribution is -0.559. The van der Waals surface area contributed by atoms with E-state index in [4.69, 9.17) is 15.3 Å². The summed E-state index contributed by atoms with van der Waals surface area (Å²) >= 11 is 0. The fourth-order valence-electron chi connectivity index (χ4n) is 5.15. The molecule has 43 heavy (non-hydrogen) atoms. The number of carbonyl (C=O) groups is 1. The first-order valence-corrected chi connectivity index (χ1v) is 11.1. The van der Waals surface area contributed by atoms with Gasteiger partial charge in [0, 0.05) is 12.0 Å². The summed E-state index contributed by atoms with van der Waals surface area (Å²) in [5, 5.41) is 198. The molecule has 0 radical (unpaired) electrons. The summed E-state index contributed by atoms with van der Waals surface area (Å²) in [7, 11) is 0. The Bertz CT molecular complexity index is 1250. The fourth-order valence-corrected chi connectivity index (χ4v) is 5.15. The zero-order valence-electron chi connectivity index (χ0n) is 20.8. The van der Waals surface area contributed by atoms with Crippen LogP contribution in [0.4, 0.5) is 0 Å². The van der Waals surface area contributed by atoms with Crippen LogP contribution < -0.4 is 9.47 Å².